The summed E-state index contributed by atoms with van der Waals surface area (Å²) in [6.07, 6.45) is 4.38. The van der Waals surface area contributed by atoms with E-state index in [1.54, 1.807) is 24.3 Å². The predicted octanol–water partition coefficient (Wildman–Crippen LogP) is 2.45. The summed E-state index contributed by atoms with van der Waals surface area (Å²) in [5.41, 5.74) is 0.491. The molecule has 1 saturated carbocycles. The normalized spacial score (nSPS) is 15.6. The van der Waals surface area contributed by atoms with Gasteiger partial charge in [-0.1, -0.05) is 18.6 Å². The molecule has 9 nitrogen and oxygen atoms in total. The number of carboxylic acid groups (broad SMARTS) is 2. The first-order valence-electron chi connectivity index (χ1n) is 9.36. The minimum atomic E-state index is -1.17. The highest BCUT2D eigenvalue weighted by molar-refractivity contribution is 6.03. The average Bonchev–Trinajstić information content (AvgIpc) is 2.71. The van der Waals surface area contributed by atoms with Crippen molar-refractivity contribution in [3.8, 4) is 5.75 Å². The van der Waals surface area contributed by atoms with Crippen LogP contribution in [-0.4, -0.2) is 46.7 Å². The summed E-state index contributed by atoms with van der Waals surface area (Å²) >= 11 is 0. The summed E-state index contributed by atoms with van der Waals surface area (Å²) in [6.45, 7) is 0. The van der Waals surface area contributed by atoms with E-state index in [0.29, 0.717) is 24.3 Å². The second-order valence-corrected chi connectivity index (χ2v) is 6.49. The lowest BCUT2D eigenvalue weighted by molar-refractivity contribution is -0.141. The number of carbonyl (C=O) groups excluding carboxylic acids is 3. The van der Waals surface area contributed by atoms with Gasteiger partial charge in [0.05, 0.1) is 25.1 Å². The van der Waals surface area contributed by atoms with Gasteiger partial charge in [-0.2, -0.15) is 0 Å². The molecule has 1 atom stereocenters. The Hall–Kier alpha value is -3.49. The molecule has 3 N–H and O–H groups in total. The Balaban J connectivity index is 0.000000303. The molecule has 1 aromatic rings. The molecule has 1 aliphatic carbocycles. The summed E-state index contributed by atoms with van der Waals surface area (Å²) < 4.78 is 5.02. The minimum absolute atomic E-state index is 0.00774. The smallest absolute Gasteiger partial charge is 0.328 e. The summed E-state index contributed by atoms with van der Waals surface area (Å²) in [5, 5.41) is 19.2. The minimum Gasteiger partial charge on any atom is -0.495 e. The van der Waals surface area contributed by atoms with E-state index >= 15 is 0 Å². The molecule has 0 aliphatic heterocycles. The number of Topliss-reactive ketones (excluding diaryl/α,β-unsaturated/α-hetero) is 2. The third-order valence-electron chi connectivity index (χ3n) is 4.27. The zero-order chi connectivity index (χ0) is 22.5. The second kappa shape index (κ2) is 12.9. The molecular weight excluding hydrogens is 394 g/mol. The Labute approximate surface area is 173 Å². The van der Waals surface area contributed by atoms with Crippen molar-refractivity contribution in [2.24, 2.45) is 5.92 Å². The number of ether oxygens (including phenoxy) is 1. The Morgan fingerprint density at radius 2 is 1.80 bits per heavy atom. The number of carbonyl (C=O) groups is 5. The van der Waals surface area contributed by atoms with Crippen LogP contribution >= 0.6 is 0 Å². The summed E-state index contributed by atoms with van der Waals surface area (Å²) in [4.78, 5) is 54.4. The van der Waals surface area contributed by atoms with Crippen molar-refractivity contribution >= 4 is 35.1 Å². The summed E-state index contributed by atoms with van der Waals surface area (Å²) in [7, 11) is 1.48. The zero-order valence-electron chi connectivity index (χ0n) is 16.6. The Morgan fingerprint density at radius 1 is 1.10 bits per heavy atom. The van der Waals surface area contributed by atoms with Crippen molar-refractivity contribution in [2.75, 3.05) is 12.4 Å². The highest BCUT2D eigenvalue weighted by Gasteiger charge is 2.28. The van der Waals surface area contributed by atoms with Crippen molar-refractivity contribution in [3.05, 3.63) is 36.4 Å². The number of hydrogen-bond acceptors (Lipinski definition) is 6. The lowest BCUT2D eigenvalue weighted by Gasteiger charge is -2.18. The van der Waals surface area contributed by atoms with Crippen molar-refractivity contribution in [1.29, 1.82) is 0 Å². The van der Waals surface area contributed by atoms with Crippen molar-refractivity contribution < 1.29 is 38.9 Å². The highest BCUT2D eigenvalue weighted by atomic mass is 16.5. The van der Waals surface area contributed by atoms with Gasteiger partial charge < -0.3 is 20.3 Å². The quantitative estimate of drug-likeness (QED) is 0.430. The van der Waals surface area contributed by atoms with Crippen molar-refractivity contribution in [2.45, 2.75) is 38.5 Å². The SMILES string of the molecule is COc1ccccc1NC(=O)C=CC(=O)O.O=C(O)CCC(=O)C1CCCCC1=O. The van der Waals surface area contributed by atoms with Gasteiger partial charge in [0.15, 0.2) is 0 Å². The lowest BCUT2D eigenvalue weighted by atomic mass is 9.84. The summed E-state index contributed by atoms with van der Waals surface area (Å²) in [6, 6.07) is 6.85. The van der Waals surface area contributed by atoms with Crippen LogP contribution in [0.25, 0.3) is 0 Å². The number of anilines is 1. The molecule has 162 valence electrons. The summed E-state index contributed by atoms with van der Waals surface area (Å²) in [5.74, 6) is -2.88. The van der Waals surface area contributed by atoms with Crippen LogP contribution in [0.5, 0.6) is 5.75 Å². The number of aliphatic carboxylic acids is 2. The average molecular weight is 419 g/mol. The fraction of sp³-hybridized carbons (Fsp3) is 0.381. The van der Waals surface area contributed by atoms with Crippen LogP contribution in [0.15, 0.2) is 36.4 Å². The molecule has 0 saturated heterocycles. The number of nitrogens with one attached hydrogen (secondary N) is 1. The van der Waals surface area contributed by atoms with Crippen LogP contribution in [0.3, 0.4) is 0 Å². The van der Waals surface area contributed by atoms with E-state index in [1.807, 2.05) is 0 Å². The van der Waals surface area contributed by atoms with Crippen LogP contribution < -0.4 is 10.1 Å². The Bertz CT molecular complexity index is 815. The van der Waals surface area contributed by atoms with Gasteiger partial charge in [0.2, 0.25) is 5.91 Å². The van der Waals surface area contributed by atoms with Gasteiger partial charge in [-0.15, -0.1) is 0 Å². The van der Waals surface area contributed by atoms with Crippen molar-refractivity contribution in [1.82, 2.24) is 0 Å². The Kier molecular flexibility index (Phi) is 10.5. The Morgan fingerprint density at radius 3 is 2.40 bits per heavy atom. The molecule has 30 heavy (non-hydrogen) atoms. The zero-order valence-corrected chi connectivity index (χ0v) is 16.6. The first-order valence-corrected chi connectivity index (χ1v) is 9.36. The monoisotopic (exact) mass is 419 g/mol. The maximum atomic E-state index is 11.4. The maximum absolute atomic E-state index is 11.4. The molecule has 9 heteroatoms. The van der Waals surface area contributed by atoms with E-state index < -0.39 is 23.8 Å². The van der Waals surface area contributed by atoms with E-state index in [9.17, 15) is 24.0 Å². The van der Waals surface area contributed by atoms with Gasteiger partial charge in [0.1, 0.15) is 17.3 Å². The number of hydrogen-bond donors (Lipinski definition) is 3. The van der Waals surface area contributed by atoms with Gasteiger partial charge in [0.25, 0.3) is 0 Å². The van der Waals surface area contributed by atoms with Gasteiger partial charge in [-0.05, 0) is 25.0 Å². The van der Waals surface area contributed by atoms with Crippen LogP contribution in [-0.2, 0) is 24.0 Å². The number of para-hydroxylation sites is 2. The highest BCUT2D eigenvalue weighted by Crippen LogP contribution is 2.23. The van der Waals surface area contributed by atoms with Crippen LogP contribution in [0.4, 0.5) is 5.69 Å². The molecule has 1 fully saturated rings. The number of benzene rings is 1. The largest absolute Gasteiger partial charge is 0.495 e. The van der Waals surface area contributed by atoms with Gasteiger partial charge >= 0.3 is 11.9 Å². The number of amides is 1. The van der Waals surface area contributed by atoms with Crippen LogP contribution in [0.1, 0.15) is 38.5 Å². The van der Waals surface area contributed by atoms with Gasteiger partial charge in [-0.25, -0.2) is 4.79 Å². The molecule has 0 spiro atoms. The van der Waals surface area contributed by atoms with E-state index in [1.165, 1.54) is 7.11 Å². The molecule has 0 radical (unpaired) electrons. The molecule has 0 heterocycles. The predicted molar refractivity (Wildman–Crippen MR) is 107 cm³/mol. The van der Waals surface area contributed by atoms with Gasteiger partial charge in [0, 0.05) is 25.0 Å². The molecule has 0 aromatic heterocycles. The van der Waals surface area contributed by atoms with Crippen LogP contribution in [0.2, 0.25) is 0 Å². The number of carboxylic acids is 2. The maximum Gasteiger partial charge on any atom is 0.328 e. The topological polar surface area (TPSA) is 147 Å². The van der Waals surface area contributed by atoms with E-state index in [-0.39, 0.29) is 24.4 Å². The van der Waals surface area contributed by atoms with E-state index in [4.69, 9.17) is 14.9 Å². The number of methoxy groups -OCH3 is 1. The fourth-order valence-electron chi connectivity index (χ4n) is 2.80. The molecule has 1 unspecified atom stereocenters. The first-order chi connectivity index (χ1) is 14.2. The van der Waals surface area contributed by atoms with Crippen LogP contribution in [0, 0.1) is 5.92 Å². The standard InChI is InChI=1S/C11H11NO4.C10H14O4/c1-16-9-5-3-2-4-8(9)12-10(13)6-7-11(14)15;11-8-4-2-1-3-7(8)9(12)5-6-10(13)14/h2-7H,1H3,(H,12,13)(H,14,15);7H,1-6H2,(H,13,14). The number of rotatable bonds is 8. The van der Waals surface area contributed by atoms with Gasteiger partial charge in [-0.3, -0.25) is 19.2 Å². The third-order valence-corrected chi connectivity index (χ3v) is 4.27. The van der Waals surface area contributed by atoms with E-state index in [2.05, 4.69) is 5.32 Å². The van der Waals surface area contributed by atoms with E-state index in [0.717, 1.165) is 25.0 Å². The third kappa shape index (κ3) is 9.13. The molecule has 0 bridgehead atoms. The molecule has 1 aliphatic rings. The molecule has 2 rings (SSSR count). The second-order valence-electron chi connectivity index (χ2n) is 6.49. The molecular formula is C21H25NO8. The lowest BCUT2D eigenvalue weighted by Crippen LogP contribution is -2.27. The molecule has 1 aromatic carbocycles. The van der Waals surface area contributed by atoms with Crippen molar-refractivity contribution in [3.63, 3.8) is 0 Å². The molecule has 1 amide bonds. The first kappa shape index (κ1) is 24.5. The number of ketones is 2. The fourth-order valence-corrected chi connectivity index (χ4v) is 2.80.